The summed E-state index contributed by atoms with van der Waals surface area (Å²) in [6.07, 6.45) is 0. The highest BCUT2D eigenvalue weighted by molar-refractivity contribution is 5.96. The van der Waals surface area contributed by atoms with E-state index in [0.29, 0.717) is 12.1 Å². The fourth-order valence-electron chi connectivity index (χ4n) is 2.53. The van der Waals surface area contributed by atoms with Crippen LogP contribution in [0.2, 0.25) is 0 Å². The first-order valence-electron chi connectivity index (χ1n) is 8.29. The fourth-order valence-corrected chi connectivity index (χ4v) is 2.53. The van der Waals surface area contributed by atoms with Crippen LogP contribution in [0.25, 0.3) is 0 Å². The molecule has 0 spiro atoms. The Bertz CT molecular complexity index is 741. The first kappa shape index (κ1) is 18.7. The number of nitrogens with zero attached hydrogens (tertiary/aromatic N) is 1. The van der Waals surface area contributed by atoms with Crippen LogP contribution in [-0.2, 0) is 17.9 Å². The highest BCUT2D eigenvalue weighted by Gasteiger charge is 2.09. The largest absolute Gasteiger partial charge is 0.350 e. The fraction of sp³-hybridized carbons (Fsp3) is 0.300. The molecule has 0 heterocycles. The summed E-state index contributed by atoms with van der Waals surface area (Å²) in [6.45, 7) is 3.15. The summed E-state index contributed by atoms with van der Waals surface area (Å²) in [4.78, 5) is 26.2. The van der Waals surface area contributed by atoms with Crippen LogP contribution in [0.5, 0.6) is 0 Å². The second-order valence-corrected chi connectivity index (χ2v) is 6.34. The predicted molar refractivity (Wildman–Crippen MR) is 99.2 cm³/mol. The van der Waals surface area contributed by atoms with Gasteiger partial charge in [-0.1, -0.05) is 42.0 Å². The number of carbonyl (C=O) groups excluding carboxylic acids is 2. The van der Waals surface area contributed by atoms with Gasteiger partial charge >= 0.3 is 0 Å². The number of amides is 2. The topological polar surface area (TPSA) is 61.4 Å². The smallest absolute Gasteiger partial charge is 0.251 e. The minimum absolute atomic E-state index is 0.0391. The molecule has 0 saturated heterocycles. The van der Waals surface area contributed by atoms with Gasteiger partial charge in [0.15, 0.2) is 0 Å². The Morgan fingerprint density at radius 1 is 0.960 bits per heavy atom. The van der Waals surface area contributed by atoms with Gasteiger partial charge in [0.25, 0.3) is 5.91 Å². The maximum atomic E-state index is 12.1. The maximum Gasteiger partial charge on any atom is 0.251 e. The summed E-state index contributed by atoms with van der Waals surface area (Å²) in [5, 5.41) is 5.51. The normalized spacial score (nSPS) is 10.6. The molecule has 2 aromatic rings. The summed E-state index contributed by atoms with van der Waals surface area (Å²) in [5.41, 5.74) is 3.82. The lowest BCUT2D eigenvalue weighted by molar-refractivity contribution is -0.120. The van der Waals surface area contributed by atoms with Crippen molar-refractivity contribution >= 4 is 11.8 Å². The number of hydrogen-bond acceptors (Lipinski definition) is 3. The average Bonchev–Trinajstić information content (AvgIpc) is 2.58. The van der Waals surface area contributed by atoms with Gasteiger partial charge in [0.1, 0.15) is 0 Å². The summed E-state index contributed by atoms with van der Waals surface area (Å²) in [7, 11) is 4.02. The molecule has 2 aromatic carbocycles. The zero-order chi connectivity index (χ0) is 18.2. The zero-order valence-electron chi connectivity index (χ0n) is 15.0. The van der Waals surface area contributed by atoms with E-state index in [1.54, 1.807) is 12.1 Å². The molecule has 2 amide bonds. The second kappa shape index (κ2) is 8.99. The van der Waals surface area contributed by atoms with E-state index in [-0.39, 0.29) is 18.4 Å². The molecule has 0 aliphatic heterocycles. The molecule has 0 aliphatic rings. The van der Waals surface area contributed by atoms with Crippen molar-refractivity contribution in [1.82, 2.24) is 15.5 Å². The Balaban J connectivity index is 1.84. The first-order chi connectivity index (χ1) is 12.0. The first-order valence-corrected chi connectivity index (χ1v) is 8.29. The molecule has 2 rings (SSSR count). The molecule has 0 aromatic heterocycles. The van der Waals surface area contributed by atoms with Crippen molar-refractivity contribution in [2.24, 2.45) is 0 Å². The van der Waals surface area contributed by atoms with Crippen LogP contribution >= 0.6 is 0 Å². The van der Waals surface area contributed by atoms with E-state index in [0.717, 1.165) is 17.7 Å². The van der Waals surface area contributed by atoms with Crippen molar-refractivity contribution in [3.63, 3.8) is 0 Å². The predicted octanol–water partition coefficient (Wildman–Crippen LogP) is 2.10. The van der Waals surface area contributed by atoms with Gasteiger partial charge in [-0.25, -0.2) is 0 Å². The third kappa shape index (κ3) is 6.04. The molecule has 0 atom stereocenters. The molecule has 0 radical (unpaired) electrons. The third-order valence-corrected chi connectivity index (χ3v) is 3.77. The van der Waals surface area contributed by atoms with Crippen LogP contribution in [0.1, 0.15) is 27.0 Å². The molecule has 5 heteroatoms. The van der Waals surface area contributed by atoms with Crippen molar-refractivity contribution in [2.45, 2.75) is 20.0 Å². The van der Waals surface area contributed by atoms with Crippen molar-refractivity contribution in [2.75, 3.05) is 20.6 Å². The van der Waals surface area contributed by atoms with Crippen LogP contribution in [-0.4, -0.2) is 37.4 Å². The molecule has 0 bridgehead atoms. The quantitative estimate of drug-likeness (QED) is 0.812. The minimum Gasteiger partial charge on any atom is -0.350 e. The summed E-state index contributed by atoms with van der Waals surface area (Å²) >= 11 is 0. The van der Waals surface area contributed by atoms with Crippen molar-refractivity contribution < 1.29 is 9.59 Å². The van der Waals surface area contributed by atoms with Crippen LogP contribution in [0.3, 0.4) is 0 Å². The highest BCUT2D eigenvalue weighted by atomic mass is 16.2. The van der Waals surface area contributed by atoms with Crippen molar-refractivity contribution in [3.05, 3.63) is 70.8 Å². The van der Waals surface area contributed by atoms with Crippen molar-refractivity contribution in [3.8, 4) is 0 Å². The van der Waals surface area contributed by atoms with E-state index in [2.05, 4.69) is 21.6 Å². The molecule has 0 aliphatic carbocycles. The van der Waals surface area contributed by atoms with Crippen molar-refractivity contribution in [1.29, 1.82) is 0 Å². The van der Waals surface area contributed by atoms with E-state index in [9.17, 15) is 9.59 Å². The van der Waals surface area contributed by atoms with Crippen LogP contribution < -0.4 is 10.6 Å². The second-order valence-electron chi connectivity index (χ2n) is 6.34. The Labute approximate surface area is 149 Å². The van der Waals surface area contributed by atoms with E-state index in [1.165, 1.54) is 5.56 Å². The summed E-state index contributed by atoms with van der Waals surface area (Å²) in [5.74, 6) is -0.451. The molecule has 2 N–H and O–H groups in total. The molecular weight excluding hydrogens is 314 g/mol. The van der Waals surface area contributed by atoms with Gasteiger partial charge in [-0.15, -0.1) is 0 Å². The van der Waals surface area contributed by atoms with E-state index < -0.39 is 0 Å². The van der Waals surface area contributed by atoms with E-state index in [4.69, 9.17) is 0 Å². The summed E-state index contributed by atoms with van der Waals surface area (Å²) in [6, 6.07) is 15.3. The number of carbonyl (C=O) groups is 2. The van der Waals surface area contributed by atoms with Gasteiger partial charge in [0, 0.05) is 18.7 Å². The van der Waals surface area contributed by atoms with Gasteiger partial charge in [-0.05, 0) is 44.3 Å². The molecule has 0 unspecified atom stereocenters. The molecule has 0 fully saturated rings. The number of nitrogens with one attached hydrogen (secondary N) is 2. The number of rotatable bonds is 7. The SMILES string of the molecule is Cc1cccc(C(=O)NCC(=O)NCc2ccccc2CN(C)C)c1. The van der Waals surface area contributed by atoms with Gasteiger partial charge < -0.3 is 15.5 Å². The van der Waals surface area contributed by atoms with Gasteiger partial charge in [0.05, 0.1) is 6.54 Å². The number of benzene rings is 2. The van der Waals surface area contributed by atoms with E-state index >= 15 is 0 Å². The van der Waals surface area contributed by atoms with Crippen LogP contribution in [0, 0.1) is 6.92 Å². The number of aryl methyl sites for hydroxylation is 1. The monoisotopic (exact) mass is 339 g/mol. The Hall–Kier alpha value is -2.66. The van der Waals surface area contributed by atoms with Crippen LogP contribution in [0.4, 0.5) is 0 Å². The maximum absolute atomic E-state index is 12.1. The lowest BCUT2D eigenvalue weighted by atomic mass is 10.1. The zero-order valence-corrected chi connectivity index (χ0v) is 15.0. The Morgan fingerprint density at radius 3 is 2.36 bits per heavy atom. The number of hydrogen-bond donors (Lipinski definition) is 2. The highest BCUT2D eigenvalue weighted by Crippen LogP contribution is 2.10. The molecule has 5 nitrogen and oxygen atoms in total. The standard InChI is InChI=1S/C20H25N3O2/c1-15-7-6-10-16(11-15)20(25)22-13-19(24)21-12-17-8-4-5-9-18(17)14-23(2)3/h4-11H,12-14H2,1-3H3,(H,21,24)(H,22,25). The van der Waals surface area contributed by atoms with Gasteiger partial charge in [-0.2, -0.15) is 0 Å². The molecule has 25 heavy (non-hydrogen) atoms. The average molecular weight is 339 g/mol. The van der Waals surface area contributed by atoms with Crippen LogP contribution in [0.15, 0.2) is 48.5 Å². The third-order valence-electron chi connectivity index (χ3n) is 3.77. The van der Waals surface area contributed by atoms with Gasteiger partial charge in [0.2, 0.25) is 5.91 Å². The van der Waals surface area contributed by atoms with E-state index in [1.807, 2.05) is 51.4 Å². The van der Waals surface area contributed by atoms with Gasteiger partial charge in [-0.3, -0.25) is 9.59 Å². The lowest BCUT2D eigenvalue weighted by Crippen LogP contribution is -2.36. The molecule has 132 valence electrons. The molecular formula is C20H25N3O2. The molecule has 0 saturated carbocycles. The summed E-state index contributed by atoms with van der Waals surface area (Å²) < 4.78 is 0. The lowest BCUT2D eigenvalue weighted by Gasteiger charge is -2.14. The Morgan fingerprint density at radius 2 is 1.68 bits per heavy atom. The minimum atomic E-state index is -0.244. The Kier molecular flexibility index (Phi) is 6.71.